The van der Waals surface area contributed by atoms with E-state index < -0.39 is 9.84 Å². The smallest absolute Gasteiger partial charge is 0.213 e. The molecule has 0 N–H and O–H groups in total. The second-order valence-electron chi connectivity index (χ2n) is 4.54. The number of thioether (sulfide) groups is 1. The third-order valence-corrected chi connectivity index (χ3v) is 5.72. The van der Waals surface area contributed by atoms with Crippen LogP contribution in [0.15, 0.2) is 57.5 Å². The van der Waals surface area contributed by atoms with Crippen molar-refractivity contribution in [1.29, 1.82) is 0 Å². The molecule has 3 aromatic rings. The van der Waals surface area contributed by atoms with Gasteiger partial charge in [-0.2, -0.15) is 5.10 Å². The molecule has 0 saturated carbocycles. The number of rotatable bonds is 3. The molecule has 7 heteroatoms. The maximum Gasteiger partial charge on any atom is 0.213 e. The highest BCUT2D eigenvalue weighted by Crippen LogP contribution is 2.31. The molecule has 0 aliphatic carbocycles. The highest BCUT2D eigenvalue weighted by molar-refractivity contribution is 7.99. The zero-order valence-electron chi connectivity index (χ0n) is 11.5. The van der Waals surface area contributed by atoms with Crippen LogP contribution in [0.25, 0.3) is 5.65 Å². The molecule has 0 spiro atoms. The predicted octanol–water partition coefficient (Wildman–Crippen LogP) is 2.59. The van der Waals surface area contributed by atoms with Gasteiger partial charge in [0, 0.05) is 12.4 Å². The molecular formula is C14H13N3O2S2. The van der Waals surface area contributed by atoms with Crippen molar-refractivity contribution in [3.63, 3.8) is 0 Å². The second-order valence-corrected chi connectivity index (χ2v) is 7.22. The molecule has 1 aromatic carbocycles. The minimum Gasteiger partial charge on any atom is -0.236 e. The van der Waals surface area contributed by atoms with Gasteiger partial charge in [0.05, 0.1) is 4.90 Å². The number of nitrogens with zero attached hydrogens (tertiary/aromatic N) is 3. The summed E-state index contributed by atoms with van der Waals surface area (Å²) in [6.45, 7) is 1.92. The average Bonchev–Trinajstić information content (AvgIpc) is 2.87. The predicted molar refractivity (Wildman–Crippen MR) is 81.4 cm³/mol. The fourth-order valence-corrected chi connectivity index (χ4v) is 4.46. The quantitative estimate of drug-likeness (QED) is 0.694. The minimum absolute atomic E-state index is 0.166. The van der Waals surface area contributed by atoms with Gasteiger partial charge in [0.1, 0.15) is 5.03 Å². The minimum atomic E-state index is -3.65. The lowest BCUT2D eigenvalue weighted by atomic mass is 10.2. The van der Waals surface area contributed by atoms with Crippen LogP contribution in [0.1, 0.15) is 5.56 Å². The van der Waals surface area contributed by atoms with Gasteiger partial charge in [-0.25, -0.2) is 17.9 Å². The third-order valence-electron chi connectivity index (χ3n) is 3.12. The molecule has 5 nitrogen and oxygen atoms in total. The number of aryl methyl sites for hydroxylation is 1. The molecule has 0 amide bonds. The number of hydrogen-bond donors (Lipinski definition) is 0. The average molecular weight is 319 g/mol. The molecule has 0 bridgehead atoms. The van der Waals surface area contributed by atoms with Crippen molar-refractivity contribution in [2.24, 2.45) is 0 Å². The van der Waals surface area contributed by atoms with Crippen molar-refractivity contribution < 1.29 is 8.42 Å². The fourth-order valence-electron chi connectivity index (χ4n) is 2.05. The fraction of sp³-hybridized carbons (Fsp3) is 0.143. The maximum absolute atomic E-state index is 12.9. The zero-order chi connectivity index (χ0) is 15.0. The van der Waals surface area contributed by atoms with Gasteiger partial charge in [0.15, 0.2) is 10.5 Å². The zero-order valence-corrected chi connectivity index (χ0v) is 13.1. The van der Waals surface area contributed by atoms with E-state index in [2.05, 4.69) is 10.1 Å². The third kappa shape index (κ3) is 2.32. The highest BCUT2D eigenvalue weighted by atomic mass is 32.2. The Balaban J connectivity index is 2.30. The van der Waals surface area contributed by atoms with E-state index in [1.165, 1.54) is 16.3 Å². The van der Waals surface area contributed by atoms with E-state index in [1.807, 2.05) is 6.92 Å². The van der Waals surface area contributed by atoms with Crippen molar-refractivity contribution in [3.8, 4) is 0 Å². The molecule has 3 rings (SSSR count). The van der Waals surface area contributed by atoms with Crippen molar-refractivity contribution in [3.05, 3.63) is 48.3 Å². The van der Waals surface area contributed by atoms with Crippen LogP contribution in [0.3, 0.4) is 0 Å². The van der Waals surface area contributed by atoms with Gasteiger partial charge in [-0.3, -0.25) is 0 Å². The molecular weight excluding hydrogens is 306 g/mol. The molecule has 0 radical (unpaired) electrons. The van der Waals surface area contributed by atoms with Crippen LogP contribution >= 0.6 is 11.8 Å². The molecule has 0 fully saturated rings. The number of aromatic nitrogens is 3. The Kier molecular flexibility index (Phi) is 3.46. The van der Waals surface area contributed by atoms with E-state index >= 15 is 0 Å². The Bertz CT molecular complexity index is 900. The van der Waals surface area contributed by atoms with Gasteiger partial charge in [0.25, 0.3) is 0 Å². The van der Waals surface area contributed by atoms with Crippen LogP contribution in [-0.4, -0.2) is 29.3 Å². The van der Waals surface area contributed by atoms with E-state index in [0.29, 0.717) is 10.7 Å². The first-order chi connectivity index (χ1) is 10.0. The first kappa shape index (κ1) is 14.1. The van der Waals surface area contributed by atoms with Crippen LogP contribution in [0.2, 0.25) is 0 Å². The Morgan fingerprint density at radius 3 is 2.57 bits per heavy atom. The summed E-state index contributed by atoms with van der Waals surface area (Å²) in [5.41, 5.74) is 1.36. The highest BCUT2D eigenvalue weighted by Gasteiger charge is 2.27. The largest absolute Gasteiger partial charge is 0.236 e. The topological polar surface area (TPSA) is 64.3 Å². The first-order valence-corrected chi connectivity index (χ1v) is 8.94. The second kappa shape index (κ2) is 5.16. The first-order valence-electron chi connectivity index (χ1n) is 6.23. The van der Waals surface area contributed by atoms with E-state index in [1.54, 1.807) is 49.0 Å². The molecule has 21 heavy (non-hydrogen) atoms. The summed E-state index contributed by atoms with van der Waals surface area (Å²) in [6, 6.07) is 8.50. The lowest BCUT2D eigenvalue weighted by molar-refractivity contribution is 0.594. The van der Waals surface area contributed by atoms with Crippen molar-refractivity contribution >= 4 is 27.2 Å². The summed E-state index contributed by atoms with van der Waals surface area (Å²) in [4.78, 5) is 4.59. The van der Waals surface area contributed by atoms with Gasteiger partial charge in [0.2, 0.25) is 9.84 Å². The molecule has 0 aliphatic heterocycles. The van der Waals surface area contributed by atoms with Crippen LogP contribution in [0, 0.1) is 6.92 Å². The van der Waals surface area contributed by atoms with Crippen molar-refractivity contribution in [2.75, 3.05) is 6.26 Å². The summed E-state index contributed by atoms with van der Waals surface area (Å²) in [7, 11) is -3.65. The molecule has 108 valence electrons. The lowest BCUT2D eigenvalue weighted by Crippen LogP contribution is -2.03. The Hall–Kier alpha value is -1.86. The molecule has 0 unspecified atom stereocenters. The van der Waals surface area contributed by atoms with Gasteiger partial charge in [-0.1, -0.05) is 17.7 Å². The van der Waals surface area contributed by atoms with E-state index in [9.17, 15) is 8.42 Å². The lowest BCUT2D eigenvalue weighted by Gasteiger charge is -2.04. The Morgan fingerprint density at radius 1 is 1.19 bits per heavy atom. The van der Waals surface area contributed by atoms with E-state index in [0.717, 1.165) is 5.56 Å². The van der Waals surface area contributed by atoms with Crippen LogP contribution in [0.4, 0.5) is 0 Å². The summed E-state index contributed by atoms with van der Waals surface area (Å²) in [5.74, 6) is 0. The van der Waals surface area contributed by atoms with Crippen LogP contribution in [0.5, 0.6) is 0 Å². The number of sulfone groups is 1. The number of benzene rings is 1. The van der Waals surface area contributed by atoms with Gasteiger partial charge in [-0.15, -0.1) is 11.8 Å². The van der Waals surface area contributed by atoms with Gasteiger partial charge < -0.3 is 0 Å². The monoisotopic (exact) mass is 319 g/mol. The number of hydrogen-bond acceptors (Lipinski definition) is 5. The van der Waals surface area contributed by atoms with Gasteiger partial charge >= 0.3 is 0 Å². The molecule has 0 saturated heterocycles. The SMILES string of the molecule is CSc1nn2cccnc2c1S(=O)(=O)c1ccc(C)cc1. The van der Waals surface area contributed by atoms with Crippen LogP contribution < -0.4 is 0 Å². The van der Waals surface area contributed by atoms with Gasteiger partial charge in [-0.05, 0) is 31.4 Å². The summed E-state index contributed by atoms with van der Waals surface area (Å²) < 4.78 is 27.3. The molecule has 0 atom stereocenters. The van der Waals surface area contributed by atoms with Crippen molar-refractivity contribution in [1.82, 2.24) is 14.6 Å². The maximum atomic E-state index is 12.9. The molecule has 2 aromatic heterocycles. The normalized spacial score (nSPS) is 11.9. The standard InChI is InChI=1S/C14H13N3O2S2/c1-10-4-6-11(7-5-10)21(18,19)12-13-15-8-3-9-17(13)16-14(12)20-2/h3-9H,1-2H3. The molecule has 0 aliphatic rings. The summed E-state index contributed by atoms with van der Waals surface area (Å²) >= 11 is 1.29. The Labute approximate surface area is 126 Å². The van der Waals surface area contributed by atoms with E-state index in [-0.39, 0.29) is 9.79 Å². The van der Waals surface area contributed by atoms with Crippen molar-refractivity contribution in [2.45, 2.75) is 21.7 Å². The van der Waals surface area contributed by atoms with E-state index in [4.69, 9.17) is 0 Å². The number of fused-ring (bicyclic) bond motifs is 1. The Morgan fingerprint density at radius 2 is 1.90 bits per heavy atom. The van der Waals surface area contributed by atoms with Crippen LogP contribution in [-0.2, 0) is 9.84 Å². The summed E-state index contributed by atoms with van der Waals surface area (Å²) in [6.07, 6.45) is 5.06. The molecule has 2 heterocycles. The summed E-state index contributed by atoms with van der Waals surface area (Å²) in [5, 5.41) is 4.73.